The summed E-state index contributed by atoms with van der Waals surface area (Å²) in [5.41, 5.74) is 4.77. The minimum atomic E-state index is -1.15. The summed E-state index contributed by atoms with van der Waals surface area (Å²) in [6.45, 7) is 1.50. The third kappa shape index (κ3) is 1.75. The van der Waals surface area contributed by atoms with E-state index in [1.807, 2.05) is 0 Å². The molecule has 1 atom stereocenters. The largest absolute Gasteiger partial charge is 0.481 e. The quantitative estimate of drug-likeness (QED) is 0.763. The molecule has 0 fully saturated rings. The Morgan fingerprint density at radius 3 is 2.36 bits per heavy atom. The van der Waals surface area contributed by atoms with E-state index in [0.29, 0.717) is 5.56 Å². The van der Waals surface area contributed by atoms with Crippen molar-refractivity contribution in [3.8, 4) is 0 Å². The first-order valence-electron chi connectivity index (χ1n) is 4.20. The number of carbonyl (C=O) groups is 1. The van der Waals surface area contributed by atoms with Crippen molar-refractivity contribution in [2.45, 2.75) is 12.3 Å². The number of hydrogen-bond donors (Lipinski definition) is 2. The Bertz CT molecular complexity index is 336. The van der Waals surface area contributed by atoms with Gasteiger partial charge >= 0.3 is 5.97 Å². The van der Waals surface area contributed by atoms with E-state index in [4.69, 9.17) is 10.8 Å². The van der Waals surface area contributed by atoms with Crippen LogP contribution in [0.3, 0.4) is 0 Å². The highest BCUT2D eigenvalue weighted by molar-refractivity contribution is 5.81. The molecule has 0 saturated carbocycles. The van der Waals surface area contributed by atoms with Crippen LogP contribution in [0, 0.1) is 5.82 Å². The average molecular weight is 197 g/mol. The standard InChI is InChI=1S/C10H12FNO2/c1-10(6-12,9(13)14)7-2-4-8(11)5-3-7/h2-5H,6,12H2,1H3,(H,13,14). The highest BCUT2D eigenvalue weighted by Crippen LogP contribution is 2.22. The molecule has 76 valence electrons. The van der Waals surface area contributed by atoms with Gasteiger partial charge in [-0.1, -0.05) is 12.1 Å². The first-order valence-corrected chi connectivity index (χ1v) is 4.20. The molecule has 0 amide bonds. The number of hydrogen-bond acceptors (Lipinski definition) is 2. The molecule has 4 heteroatoms. The van der Waals surface area contributed by atoms with Crippen LogP contribution in [0.15, 0.2) is 24.3 Å². The zero-order chi connectivity index (χ0) is 10.8. The minimum Gasteiger partial charge on any atom is -0.481 e. The first-order chi connectivity index (χ1) is 6.50. The van der Waals surface area contributed by atoms with Crippen molar-refractivity contribution in [3.05, 3.63) is 35.6 Å². The van der Waals surface area contributed by atoms with Gasteiger partial charge < -0.3 is 10.8 Å². The van der Waals surface area contributed by atoms with E-state index in [-0.39, 0.29) is 6.54 Å². The van der Waals surface area contributed by atoms with Crippen molar-refractivity contribution < 1.29 is 14.3 Å². The highest BCUT2D eigenvalue weighted by Gasteiger charge is 2.33. The van der Waals surface area contributed by atoms with Crippen molar-refractivity contribution in [1.82, 2.24) is 0 Å². The molecule has 0 radical (unpaired) electrons. The number of aliphatic carboxylic acids is 1. The fourth-order valence-electron chi connectivity index (χ4n) is 1.15. The molecule has 0 saturated heterocycles. The molecule has 0 aliphatic carbocycles. The molecular weight excluding hydrogens is 185 g/mol. The molecule has 14 heavy (non-hydrogen) atoms. The molecule has 0 aliphatic heterocycles. The summed E-state index contributed by atoms with van der Waals surface area (Å²) < 4.78 is 12.6. The molecule has 3 N–H and O–H groups in total. The Morgan fingerprint density at radius 1 is 1.50 bits per heavy atom. The lowest BCUT2D eigenvalue weighted by Gasteiger charge is -2.23. The lowest BCUT2D eigenvalue weighted by Crippen LogP contribution is -2.39. The Labute approximate surface area is 81.4 Å². The second-order valence-electron chi connectivity index (χ2n) is 3.35. The van der Waals surface area contributed by atoms with Crippen LogP contribution in [-0.2, 0) is 10.2 Å². The zero-order valence-electron chi connectivity index (χ0n) is 7.83. The van der Waals surface area contributed by atoms with E-state index in [0.717, 1.165) is 0 Å². The van der Waals surface area contributed by atoms with Crippen molar-refractivity contribution >= 4 is 5.97 Å². The summed E-state index contributed by atoms with van der Waals surface area (Å²) >= 11 is 0. The second kappa shape index (κ2) is 3.75. The summed E-state index contributed by atoms with van der Waals surface area (Å²) in [4.78, 5) is 11.0. The van der Waals surface area contributed by atoms with Gasteiger partial charge in [0.2, 0.25) is 0 Å². The third-order valence-corrected chi connectivity index (χ3v) is 2.36. The van der Waals surface area contributed by atoms with E-state index >= 15 is 0 Å². The summed E-state index contributed by atoms with van der Waals surface area (Å²) in [6.07, 6.45) is 0. The Morgan fingerprint density at radius 2 is 2.00 bits per heavy atom. The van der Waals surface area contributed by atoms with Crippen LogP contribution in [0.4, 0.5) is 4.39 Å². The molecule has 1 rings (SSSR count). The Hall–Kier alpha value is -1.42. The molecule has 3 nitrogen and oxygen atoms in total. The lowest BCUT2D eigenvalue weighted by molar-refractivity contribution is -0.142. The van der Waals surface area contributed by atoms with E-state index < -0.39 is 17.2 Å². The van der Waals surface area contributed by atoms with Crippen molar-refractivity contribution in [1.29, 1.82) is 0 Å². The predicted molar refractivity (Wildman–Crippen MR) is 50.4 cm³/mol. The smallest absolute Gasteiger partial charge is 0.315 e. The maximum Gasteiger partial charge on any atom is 0.315 e. The van der Waals surface area contributed by atoms with Gasteiger partial charge in [0.25, 0.3) is 0 Å². The maximum absolute atomic E-state index is 12.6. The lowest BCUT2D eigenvalue weighted by atomic mass is 9.83. The molecule has 1 aromatic carbocycles. The molecule has 1 unspecified atom stereocenters. The Kier molecular flexibility index (Phi) is 2.86. The van der Waals surface area contributed by atoms with Crippen molar-refractivity contribution in [2.24, 2.45) is 5.73 Å². The van der Waals surface area contributed by atoms with Gasteiger partial charge in [-0.3, -0.25) is 4.79 Å². The fraction of sp³-hybridized carbons (Fsp3) is 0.300. The van der Waals surface area contributed by atoms with Gasteiger partial charge in [0.1, 0.15) is 11.2 Å². The average Bonchev–Trinajstić information content (AvgIpc) is 2.17. The number of nitrogens with two attached hydrogens (primary N) is 1. The number of carboxylic acid groups (broad SMARTS) is 1. The first kappa shape index (κ1) is 10.7. The van der Waals surface area contributed by atoms with E-state index in [1.165, 1.54) is 31.2 Å². The third-order valence-electron chi connectivity index (χ3n) is 2.36. The maximum atomic E-state index is 12.6. The highest BCUT2D eigenvalue weighted by atomic mass is 19.1. The molecule has 0 heterocycles. The number of carboxylic acids is 1. The van der Waals surface area contributed by atoms with Crippen LogP contribution in [0.2, 0.25) is 0 Å². The fourth-order valence-corrected chi connectivity index (χ4v) is 1.15. The predicted octanol–water partition coefficient (Wildman–Crippen LogP) is 1.13. The topological polar surface area (TPSA) is 63.3 Å². The zero-order valence-corrected chi connectivity index (χ0v) is 7.83. The summed E-state index contributed by atoms with van der Waals surface area (Å²) in [5.74, 6) is -1.40. The normalized spacial score (nSPS) is 14.8. The minimum absolute atomic E-state index is 0.0199. The summed E-state index contributed by atoms with van der Waals surface area (Å²) in [5, 5.41) is 8.98. The summed E-state index contributed by atoms with van der Waals surface area (Å²) in [6, 6.07) is 5.34. The van der Waals surface area contributed by atoms with Gasteiger partial charge in [0, 0.05) is 6.54 Å². The Balaban J connectivity index is 3.13. The number of rotatable bonds is 3. The van der Waals surface area contributed by atoms with Crippen LogP contribution in [0.5, 0.6) is 0 Å². The van der Waals surface area contributed by atoms with Crippen molar-refractivity contribution in [3.63, 3.8) is 0 Å². The SMILES string of the molecule is CC(CN)(C(=O)O)c1ccc(F)cc1. The number of benzene rings is 1. The molecule has 0 aromatic heterocycles. The van der Waals surface area contributed by atoms with E-state index in [1.54, 1.807) is 0 Å². The van der Waals surface area contributed by atoms with Crippen LogP contribution in [-0.4, -0.2) is 17.6 Å². The van der Waals surface area contributed by atoms with Gasteiger partial charge in [0.05, 0.1) is 0 Å². The van der Waals surface area contributed by atoms with Crippen LogP contribution in [0.25, 0.3) is 0 Å². The summed E-state index contributed by atoms with van der Waals surface area (Å²) in [7, 11) is 0. The van der Waals surface area contributed by atoms with E-state index in [2.05, 4.69) is 0 Å². The van der Waals surface area contributed by atoms with Gasteiger partial charge in [-0.15, -0.1) is 0 Å². The molecule has 1 aromatic rings. The monoisotopic (exact) mass is 197 g/mol. The number of halogens is 1. The van der Waals surface area contributed by atoms with Gasteiger partial charge in [-0.25, -0.2) is 4.39 Å². The molecular formula is C10H12FNO2. The molecule has 0 spiro atoms. The van der Waals surface area contributed by atoms with Crippen LogP contribution in [0.1, 0.15) is 12.5 Å². The van der Waals surface area contributed by atoms with Crippen molar-refractivity contribution in [2.75, 3.05) is 6.54 Å². The second-order valence-corrected chi connectivity index (χ2v) is 3.35. The van der Waals surface area contributed by atoms with E-state index in [9.17, 15) is 9.18 Å². The van der Waals surface area contributed by atoms with Gasteiger partial charge in [-0.05, 0) is 24.6 Å². The molecule has 0 bridgehead atoms. The molecule has 0 aliphatic rings. The van der Waals surface area contributed by atoms with Crippen LogP contribution >= 0.6 is 0 Å². The van der Waals surface area contributed by atoms with Gasteiger partial charge in [0.15, 0.2) is 0 Å². The van der Waals surface area contributed by atoms with Crippen LogP contribution < -0.4 is 5.73 Å². The van der Waals surface area contributed by atoms with Gasteiger partial charge in [-0.2, -0.15) is 0 Å².